The molecule has 0 aliphatic carbocycles. The Bertz CT molecular complexity index is 694. The largest absolute Gasteiger partial charge is 0.465 e. The first kappa shape index (κ1) is 16.6. The van der Waals surface area contributed by atoms with E-state index in [0.29, 0.717) is 11.7 Å². The Labute approximate surface area is 143 Å². The Morgan fingerprint density at radius 1 is 1.33 bits per heavy atom. The molecule has 1 fully saturated rings. The van der Waals surface area contributed by atoms with Crippen LogP contribution in [0.15, 0.2) is 22.1 Å². The summed E-state index contributed by atoms with van der Waals surface area (Å²) in [5.74, 6) is 0.189. The molecule has 8 nitrogen and oxygen atoms in total. The van der Waals surface area contributed by atoms with E-state index >= 15 is 0 Å². The number of aryl methyl sites for hydroxylation is 1. The molecule has 3 heterocycles. The maximum absolute atomic E-state index is 12.0. The summed E-state index contributed by atoms with van der Waals surface area (Å²) in [6.07, 6.45) is 2.25. The van der Waals surface area contributed by atoms with Gasteiger partial charge < -0.3 is 9.73 Å². The smallest absolute Gasteiger partial charge is 0.315 e. The second kappa shape index (κ2) is 7.54. The van der Waals surface area contributed by atoms with Crippen LogP contribution in [0, 0.1) is 6.92 Å². The van der Waals surface area contributed by atoms with Gasteiger partial charge in [0.1, 0.15) is 17.0 Å². The van der Waals surface area contributed by atoms with E-state index in [1.165, 1.54) is 5.51 Å². The Morgan fingerprint density at radius 2 is 2.12 bits per heavy atom. The molecule has 0 bridgehead atoms. The lowest BCUT2D eigenvalue weighted by Gasteiger charge is -2.25. The average Bonchev–Trinajstić information content (AvgIpc) is 3.30. The number of nitrogens with one attached hydrogen (secondary N) is 2. The average molecular weight is 349 g/mol. The summed E-state index contributed by atoms with van der Waals surface area (Å²) in [6.45, 7) is 4.11. The number of amides is 2. The van der Waals surface area contributed by atoms with Crippen molar-refractivity contribution in [2.24, 2.45) is 0 Å². The van der Waals surface area contributed by atoms with Crippen LogP contribution >= 0.6 is 11.3 Å². The second-order valence-corrected chi connectivity index (χ2v) is 6.45. The molecule has 3 rings (SSSR count). The summed E-state index contributed by atoms with van der Waals surface area (Å²) in [5, 5.41) is 12.7. The lowest BCUT2D eigenvalue weighted by molar-refractivity contribution is -0.136. The van der Waals surface area contributed by atoms with Gasteiger partial charge in [-0.05, 0) is 45.0 Å². The number of hydrogen-bond donors (Lipinski definition) is 2. The number of hydrogen-bond acceptors (Lipinski definition) is 7. The Hall–Kier alpha value is -2.26. The van der Waals surface area contributed by atoms with Gasteiger partial charge in [0.2, 0.25) is 5.13 Å². The first-order chi connectivity index (χ1) is 11.6. The zero-order valence-corrected chi connectivity index (χ0v) is 14.1. The van der Waals surface area contributed by atoms with Gasteiger partial charge in [-0.3, -0.25) is 19.8 Å². The summed E-state index contributed by atoms with van der Waals surface area (Å²) >= 11 is 1.16. The minimum absolute atomic E-state index is 0.0699. The predicted molar refractivity (Wildman–Crippen MR) is 88.5 cm³/mol. The van der Waals surface area contributed by atoms with Gasteiger partial charge in [0, 0.05) is 6.54 Å². The normalized spacial score (nSPS) is 16.0. The zero-order chi connectivity index (χ0) is 16.9. The van der Waals surface area contributed by atoms with Crippen molar-refractivity contribution in [1.82, 2.24) is 20.4 Å². The highest BCUT2D eigenvalue weighted by molar-refractivity contribution is 7.13. The van der Waals surface area contributed by atoms with E-state index in [2.05, 4.69) is 25.7 Å². The van der Waals surface area contributed by atoms with Gasteiger partial charge in [-0.1, -0.05) is 11.3 Å². The first-order valence-electron chi connectivity index (χ1n) is 7.79. The van der Waals surface area contributed by atoms with E-state index < -0.39 is 11.8 Å². The Kier molecular flexibility index (Phi) is 5.21. The van der Waals surface area contributed by atoms with Crippen molar-refractivity contribution < 1.29 is 14.0 Å². The van der Waals surface area contributed by atoms with Crippen LogP contribution in [-0.2, 0) is 9.59 Å². The molecule has 1 aliphatic rings. The number of nitrogens with zero attached hydrogens (tertiary/aromatic N) is 3. The van der Waals surface area contributed by atoms with Crippen LogP contribution in [0.25, 0.3) is 0 Å². The maximum Gasteiger partial charge on any atom is 0.315 e. The molecule has 0 aromatic carbocycles. The van der Waals surface area contributed by atoms with E-state index in [-0.39, 0.29) is 6.04 Å². The van der Waals surface area contributed by atoms with E-state index in [1.54, 1.807) is 0 Å². The number of rotatable bonds is 5. The fourth-order valence-corrected chi connectivity index (χ4v) is 3.19. The number of likely N-dealkylation sites (tertiary alicyclic amines) is 1. The molecule has 1 atom stereocenters. The van der Waals surface area contributed by atoms with E-state index in [9.17, 15) is 9.59 Å². The fraction of sp³-hybridized carbons (Fsp3) is 0.467. The van der Waals surface area contributed by atoms with Crippen LogP contribution in [0.2, 0.25) is 0 Å². The minimum Gasteiger partial charge on any atom is -0.465 e. The molecule has 0 saturated carbocycles. The van der Waals surface area contributed by atoms with E-state index in [4.69, 9.17) is 4.42 Å². The number of carbonyl (C=O) groups excluding carboxylic acids is 2. The predicted octanol–water partition coefficient (Wildman–Crippen LogP) is 1.33. The second-order valence-electron chi connectivity index (χ2n) is 5.62. The molecule has 1 unspecified atom stereocenters. The third kappa shape index (κ3) is 3.98. The van der Waals surface area contributed by atoms with Gasteiger partial charge in [-0.25, -0.2) is 0 Å². The molecular weight excluding hydrogens is 330 g/mol. The van der Waals surface area contributed by atoms with Crippen LogP contribution in [0.5, 0.6) is 0 Å². The molecule has 2 amide bonds. The summed E-state index contributed by atoms with van der Waals surface area (Å²) in [4.78, 5) is 26.1. The Morgan fingerprint density at radius 3 is 2.75 bits per heavy atom. The molecule has 2 N–H and O–H groups in total. The highest BCUT2D eigenvalue weighted by Gasteiger charge is 2.27. The monoisotopic (exact) mass is 349 g/mol. The SMILES string of the molecule is Cc1ccc(C(CNC(=O)C(=O)Nc2nncs2)N2CCCC2)o1. The van der Waals surface area contributed by atoms with Crippen molar-refractivity contribution in [3.05, 3.63) is 29.2 Å². The molecular formula is C15H19N5O3S. The summed E-state index contributed by atoms with van der Waals surface area (Å²) in [6, 6.07) is 3.76. The van der Waals surface area contributed by atoms with Crippen molar-refractivity contribution in [2.45, 2.75) is 25.8 Å². The van der Waals surface area contributed by atoms with Gasteiger partial charge >= 0.3 is 11.8 Å². The Balaban J connectivity index is 1.60. The van der Waals surface area contributed by atoms with E-state index in [0.717, 1.165) is 48.8 Å². The standard InChI is InChI=1S/C15H19N5O3S/c1-10-4-5-12(23-10)11(20-6-2-3-7-20)8-16-13(21)14(22)18-15-19-17-9-24-15/h4-5,9,11H,2-3,6-8H2,1H3,(H,16,21)(H,18,19,22). The molecule has 0 spiro atoms. The topological polar surface area (TPSA) is 100 Å². The van der Waals surface area contributed by atoms with Crippen molar-refractivity contribution in [2.75, 3.05) is 25.0 Å². The molecule has 2 aromatic heterocycles. The minimum atomic E-state index is -0.748. The zero-order valence-electron chi connectivity index (χ0n) is 13.3. The van der Waals surface area contributed by atoms with Gasteiger partial charge in [0.15, 0.2) is 0 Å². The maximum atomic E-state index is 12.0. The first-order valence-corrected chi connectivity index (χ1v) is 8.67. The van der Waals surface area contributed by atoms with Crippen LogP contribution < -0.4 is 10.6 Å². The highest BCUT2D eigenvalue weighted by Crippen LogP contribution is 2.26. The summed E-state index contributed by atoms with van der Waals surface area (Å²) in [7, 11) is 0. The third-order valence-electron chi connectivity index (χ3n) is 3.91. The van der Waals surface area contributed by atoms with Crippen molar-refractivity contribution in [3.8, 4) is 0 Å². The number of furan rings is 1. The van der Waals surface area contributed by atoms with Crippen molar-refractivity contribution in [3.63, 3.8) is 0 Å². The molecule has 128 valence electrons. The van der Waals surface area contributed by atoms with Crippen LogP contribution in [0.3, 0.4) is 0 Å². The van der Waals surface area contributed by atoms with Crippen molar-refractivity contribution >= 4 is 28.3 Å². The lowest BCUT2D eigenvalue weighted by Crippen LogP contribution is -2.41. The van der Waals surface area contributed by atoms with Gasteiger partial charge in [-0.15, -0.1) is 10.2 Å². The van der Waals surface area contributed by atoms with Gasteiger partial charge in [-0.2, -0.15) is 0 Å². The molecule has 9 heteroatoms. The summed E-state index contributed by atoms with van der Waals surface area (Å²) < 4.78 is 5.73. The molecule has 0 radical (unpaired) electrons. The van der Waals surface area contributed by atoms with Gasteiger partial charge in [0.05, 0.1) is 6.04 Å². The van der Waals surface area contributed by atoms with Crippen LogP contribution in [0.4, 0.5) is 5.13 Å². The van der Waals surface area contributed by atoms with Crippen LogP contribution in [-0.4, -0.2) is 46.5 Å². The lowest BCUT2D eigenvalue weighted by atomic mass is 10.2. The van der Waals surface area contributed by atoms with Gasteiger partial charge in [0.25, 0.3) is 0 Å². The number of carbonyl (C=O) groups is 2. The van der Waals surface area contributed by atoms with Crippen LogP contribution in [0.1, 0.15) is 30.4 Å². The quantitative estimate of drug-likeness (QED) is 0.790. The molecule has 2 aromatic rings. The molecule has 24 heavy (non-hydrogen) atoms. The fourth-order valence-electron chi connectivity index (χ4n) is 2.75. The number of anilines is 1. The van der Waals surface area contributed by atoms with Crippen molar-refractivity contribution in [1.29, 1.82) is 0 Å². The summed E-state index contributed by atoms with van der Waals surface area (Å²) in [5.41, 5.74) is 1.48. The third-order valence-corrected chi connectivity index (χ3v) is 4.52. The molecule has 1 saturated heterocycles. The molecule has 1 aliphatic heterocycles. The number of aromatic nitrogens is 2. The highest BCUT2D eigenvalue weighted by atomic mass is 32.1. The van der Waals surface area contributed by atoms with E-state index in [1.807, 2.05) is 19.1 Å².